The van der Waals surface area contributed by atoms with Gasteiger partial charge in [0.05, 0.1) is 7.11 Å². The molecule has 0 fully saturated rings. The van der Waals surface area contributed by atoms with Crippen LogP contribution in [0.4, 0.5) is 0 Å². The van der Waals surface area contributed by atoms with Crippen molar-refractivity contribution in [3.63, 3.8) is 0 Å². The van der Waals surface area contributed by atoms with Crippen LogP contribution in [0.25, 0.3) is 0 Å². The van der Waals surface area contributed by atoms with E-state index in [1.165, 1.54) is 11.1 Å². The number of methoxy groups -OCH3 is 1. The van der Waals surface area contributed by atoms with E-state index in [2.05, 4.69) is 31.7 Å². The van der Waals surface area contributed by atoms with Crippen molar-refractivity contribution in [1.29, 1.82) is 0 Å². The van der Waals surface area contributed by atoms with Gasteiger partial charge in [-0.3, -0.25) is 0 Å². The van der Waals surface area contributed by atoms with Crippen molar-refractivity contribution in [2.45, 2.75) is 19.8 Å². The number of aryl methyl sites for hydroxylation is 1. The summed E-state index contributed by atoms with van der Waals surface area (Å²) in [6.07, 6.45) is 1.93. The minimum absolute atomic E-state index is 0.384. The highest BCUT2D eigenvalue weighted by Gasteiger charge is 2.04. The first-order chi connectivity index (χ1) is 6.19. The minimum Gasteiger partial charge on any atom is -0.496 e. The van der Waals surface area contributed by atoms with E-state index < -0.39 is 0 Å². The first kappa shape index (κ1) is 9.85. The fourth-order valence-electron chi connectivity index (χ4n) is 1.26. The van der Waals surface area contributed by atoms with Crippen LogP contribution >= 0.6 is 0 Å². The van der Waals surface area contributed by atoms with Crippen molar-refractivity contribution in [3.05, 3.63) is 42.0 Å². The Morgan fingerprint density at radius 1 is 1.46 bits per heavy atom. The fourth-order valence-corrected chi connectivity index (χ4v) is 1.26. The highest BCUT2D eigenvalue weighted by molar-refractivity contribution is 5.38. The molecule has 0 bridgehead atoms. The monoisotopic (exact) mass is 176 g/mol. The van der Waals surface area contributed by atoms with Crippen molar-refractivity contribution < 1.29 is 4.74 Å². The van der Waals surface area contributed by atoms with Gasteiger partial charge in [-0.05, 0) is 30.0 Å². The molecule has 1 aromatic carbocycles. The summed E-state index contributed by atoms with van der Waals surface area (Å²) in [5.74, 6) is 1.33. The van der Waals surface area contributed by atoms with Gasteiger partial charge < -0.3 is 4.74 Å². The Hall–Kier alpha value is -1.24. The zero-order chi connectivity index (χ0) is 9.84. The fraction of sp³-hybridized carbons (Fsp3) is 0.333. The van der Waals surface area contributed by atoms with Gasteiger partial charge in [-0.1, -0.05) is 25.1 Å². The van der Waals surface area contributed by atoms with Gasteiger partial charge in [-0.15, -0.1) is 6.58 Å². The third-order valence-electron chi connectivity index (χ3n) is 2.31. The average molecular weight is 176 g/mol. The number of hydrogen-bond acceptors (Lipinski definition) is 1. The molecule has 70 valence electrons. The highest BCUT2D eigenvalue weighted by Crippen LogP contribution is 2.24. The first-order valence-electron chi connectivity index (χ1n) is 4.46. The summed E-state index contributed by atoms with van der Waals surface area (Å²) >= 11 is 0. The molecule has 1 heteroatoms. The SMILES string of the molecule is C=CC(C)c1ccc(C)c(OC)c1. The highest BCUT2D eigenvalue weighted by atomic mass is 16.5. The Balaban J connectivity index is 3.05. The van der Waals surface area contributed by atoms with Gasteiger partial charge in [-0.25, -0.2) is 0 Å². The minimum atomic E-state index is 0.384. The predicted octanol–water partition coefficient (Wildman–Crippen LogP) is 3.29. The van der Waals surface area contributed by atoms with Crippen molar-refractivity contribution >= 4 is 0 Å². The van der Waals surface area contributed by atoms with Crippen LogP contribution in [0.5, 0.6) is 5.75 Å². The second-order valence-corrected chi connectivity index (χ2v) is 3.25. The summed E-state index contributed by atoms with van der Waals surface area (Å²) in [6, 6.07) is 6.26. The van der Waals surface area contributed by atoms with Crippen molar-refractivity contribution in [3.8, 4) is 5.75 Å². The van der Waals surface area contributed by atoms with E-state index >= 15 is 0 Å². The molecule has 0 heterocycles. The predicted molar refractivity (Wildman–Crippen MR) is 56.3 cm³/mol. The normalized spacial score (nSPS) is 12.2. The number of benzene rings is 1. The van der Waals surface area contributed by atoms with Gasteiger partial charge >= 0.3 is 0 Å². The largest absolute Gasteiger partial charge is 0.496 e. The smallest absolute Gasteiger partial charge is 0.122 e. The van der Waals surface area contributed by atoms with Gasteiger partial charge in [0.25, 0.3) is 0 Å². The first-order valence-corrected chi connectivity index (χ1v) is 4.46. The zero-order valence-corrected chi connectivity index (χ0v) is 8.50. The molecular formula is C12H16O. The topological polar surface area (TPSA) is 9.23 Å². The van der Waals surface area contributed by atoms with Gasteiger partial charge in [-0.2, -0.15) is 0 Å². The summed E-state index contributed by atoms with van der Waals surface area (Å²) in [6.45, 7) is 7.94. The summed E-state index contributed by atoms with van der Waals surface area (Å²) in [5, 5.41) is 0. The lowest BCUT2D eigenvalue weighted by atomic mass is 10.00. The standard InChI is InChI=1S/C12H16O/c1-5-9(2)11-7-6-10(3)12(8-11)13-4/h5-9H,1H2,2-4H3. The molecule has 1 aromatic rings. The van der Waals surface area contributed by atoms with E-state index in [0.717, 1.165) is 5.75 Å². The van der Waals surface area contributed by atoms with Gasteiger partial charge in [0.15, 0.2) is 0 Å². The summed E-state index contributed by atoms with van der Waals surface area (Å²) < 4.78 is 5.25. The van der Waals surface area contributed by atoms with Crippen LogP contribution in [0.2, 0.25) is 0 Å². The number of hydrogen-bond donors (Lipinski definition) is 0. The molecule has 1 unspecified atom stereocenters. The maximum Gasteiger partial charge on any atom is 0.122 e. The van der Waals surface area contributed by atoms with E-state index in [-0.39, 0.29) is 0 Å². The zero-order valence-electron chi connectivity index (χ0n) is 8.50. The van der Waals surface area contributed by atoms with Crippen LogP contribution in [0, 0.1) is 6.92 Å². The Bertz CT molecular complexity index is 302. The number of ether oxygens (including phenoxy) is 1. The maximum atomic E-state index is 5.25. The maximum absolute atomic E-state index is 5.25. The van der Waals surface area contributed by atoms with Gasteiger partial charge in [0.1, 0.15) is 5.75 Å². The molecule has 0 aliphatic heterocycles. The van der Waals surface area contributed by atoms with E-state index in [0.29, 0.717) is 5.92 Å². The molecule has 0 saturated carbocycles. The molecule has 0 N–H and O–H groups in total. The Kier molecular flexibility index (Phi) is 3.13. The molecule has 1 nitrogen and oxygen atoms in total. The third-order valence-corrected chi connectivity index (χ3v) is 2.31. The summed E-state index contributed by atoms with van der Waals surface area (Å²) in [7, 11) is 1.70. The second-order valence-electron chi connectivity index (χ2n) is 3.25. The molecular weight excluding hydrogens is 160 g/mol. The number of allylic oxidation sites excluding steroid dienone is 1. The molecule has 0 radical (unpaired) electrons. The van der Waals surface area contributed by atoms with Gasteiger partial charge in [0, 0.05) is 0 Å². The molecule has 0 amide bonds. The summed E-state index contributed by atoms with van der Waals surface area (Å²) in [4.78, 5) is 0. The quantitative estimate of drug-likeness (QED) is 0.642. The van der Waals surface area contributed by atoms with Crippen LogP contribution in [0.1, 0.15) is 24.0 Å². The lowest BCUT2D eigenvalue weighted by Crippen LogP contribution is -1.92. The lowest BCUT2D eigenvalue weighted by molar-refractivity contribution is 0.411. The molecule has 13 heavy (non-hydrogen) atoms. The van der Waals surface area contributed by atoms with E-state index in [9.17, 15) is 0 Å². The molecule has 0 aliphatic rings. The van der Waals surface area contributed by atoms with Crippen LogP contribution in [0.15, 0.2) is 30.9 Å². The van der Waals surface area contributed by atoms with Crippen LogP contribution < -0.4 is 4.74 Å². The molecule has 1 rings (SSSR count). The van der Waals surface area contributed by atoms with Crippen molar-refractivity contribution in [2.75, 3.05) is 7.11 Å². The molecule has 0 aliphatic carbocycles. The third kappa shape index (κ3) is 2.11. The molecule has 0 aromatic heterocycles. The van der Waals surface area contributed by atoms with Crippen LogP contribution in [0.3, 0.4) is 0 Å². The Morgan fingerprint density at radius 2 is 2.15 bits per heavy atom. The second kappa shape index (κ2) is 4.13. The Labute approximate surface area is 80.0 Å². The summed E-state index contributed by atoms with van der Waals surface area (Å²) in [5.41, 5.74) is 2.42. The lowest BCUT2D eigenvalue weighted by Gasteiger charge is -2.10. The van der Waals surface area contributed by atoms with E-state index in [1.807, 2.05) is 13.0 Å². The molecule has 0 spiro atoms. The van der Waals surface area contributed by atoms with Crippen LogP contribution in [-0.4, -0.2) is 7.11 Å². The number of rotatable bonds is 3. The van der Waals surface area contributed by atoms with Crippen LogP contribution in [-0.2, 0) is 0 Å². The van der Waals surface area contributed by atoms with Crippen molar-refractivity contribution in [2.24, 2.45) is 0 Å². The van der Waals surface area contributed by atoms with E-state index in [4.69, 9.17) is 4.74 Å². The van der Waals surface area contributed by atoms with Gasteiger partial charge in [0.2, 0.25) is 0 Å². The Morgan fingerprint density at radius 3 is 2.69 bits per heavy atom. The van der Waals surface area contributed by atoms with Crippen molar-refractivity contribution in [1.82, 2.24) is 0 Å². The average Bonchev–Trinajstić information content (AvgIpc) is 2.17. The molecule has 1 atom stereocenters. The molecule has 0 saturated heterocycles. The van der Waals surface area contributed by atoms with E-state index in [1.54, 1.807) is 7.11 Å².